The topological polar surface area (TPSA) is 46.9 Å². The highest BCUT2D eigenvalue weighted by Crippen LogP contribution is 2.28. The predicted molar refractivity (Wildman–Crippen MR) is 130 cm³/mol. The molecule has 0 saturated carbocycles. The molecule has 31 heavy (non-hydrogen) atoms. The number of aryl methyl sites for hydroxylation is 1. The summed E-state index contributed by atoms with van der Waals surface area (Å²) in [6.07, 6.45) is 1.98. The average Bonchev–Trinajstić information content (AvgIpc) is 3.19. The summed E-state index contributed by atoms with van der Waals surface area (Å²) in [4.78, 5) is 17.2. The molecule has 0 fully saturated rings. The van der Waals surface area contributed by atoms with Gasteiger partial charge < -0.3 is 5.32 Å². The first-order valence-electron chi connectivity index (χ1n) is 9.58. The summed E-state index contributed by atoms with van der Waals surface area (Å²) < 4.78 is 2.00. The van der Waals surface area contributed by atoms with Gasteiger partial charge in [-0.2, -0.15) is 0 Å². The number of benzene rings is 3. The minimum absolute atomic E-state index is 0.112. The number of hydrogen-bond acceptors (Lipinski definition) is 3. The maximum absolute atomic E-state index is 12.5. The third-order valence-electron chi connectivity index (χ3n) is 4.59. The van der Waals surface area contributed by atoms with Gasteiger partial charge in [-0.25, -0.2) is 4.98 Å². The van der Waals surface area contributed by atoms with Gasteiger partial charge in [0.15, 0.2) is 5.16 Å². The molecule has 1 N–H and O–H groups in total. The van der Waals surface area contributed by atoms with Crippen molar-refractivity contribution in [3.63, 3.8) is 0 Å². The third-order valence-corrected chi connectivity index (χ3v) is 6.04. The molecule has 0 aliphatic heterocycles. The van der Waals surface area contributed by atoms with Crippen LogP contribution in [0.2, 0.25) is 10.0 Å². The fraction of sp³-hybridized carbons (Fsp3) is 0.0833. The molecule has 156 valence electrons. The summed E-state index contributed by atoms with van der Waals surface area (Å²) in [6, 6.07) is 22.8. The second-order valence-corrected chi connectivity index (χ2v) is 8.78. The highest BCUT2D eigenvalue weighted by Gasteiger charge is 2.14. The Hall–Kier alpha value is -2.73. The zero-order chi connectivity index (χ0) is 21.8. The number of thioether (sulfide) groups is 1. The van der Waals surface area contributed by atoms with E-state index in [1.807, 2.05) is 54.1 Å². The number of nitrogens with zero attached hydrogens (tertiary/aromatic N) is 2. The molecule has 0 radical (unpaired) electrons. The van der Waals surface area contributed by atoms with E-state index < -0.39 is 0 Å². The molecule has 0 atom stereocenters. The van der Waals surface area contributed by atoms with Crippen LogP contribution in [0.25, 0.3) is 16.9 Å². The molecule has 7 heteroatoms. The molecule has 0 aliphatic carbocycles. The second-order valence-electron chi connectivity index (χ2n) is 6.96. The number of imidazole rings is 1. The van der Waals surface area contributed by atoms with E-state index in [1.54, 1.807) is 24.3 Å². The van der Waals surface area contributed by atoms with Gasteiger partial charge in [0, 0.05) is 33.2 Å². The van der Waals surface area contributed by atoms with E-state index in [1.165, 1.54) is 17.3 Å². The Kier molecular flexibility index (Phi) is 6.66. The average molecular weight is 468 g/mol. The lowest BCUT2D eigenvalue weighted by Gasteiger charge is -2.08. The Morgan fingerprint density at radius 1 is 0.935 bits per heavy atom. The highest BCUT2D eigenvalue weighted by molar-refractivity contribution is 7.99. The van der Waals surface area contributed by atoms with Crippen molar-refractivity contribution >= 4 is 46.6 Å². The molecular weight excluding hydrogens is 449 g/mol. The summed E-state index contributed by atoms with van der Waals surface area (Å²) in [5.74, 6) is 0.116. The quantitative estimate of drug-likeness (QED) is 0.314. The van der Waals surface area contributed by atoms with Gasteiger partial charge in [-0.05, 0) is 55.5 Å². The van der Waals surface area contributed by atoms with E-state index in [2.05, 4.69) is 17.4 Å². The van der Waals surface area contributed by atoms with Gasteiger partial charge >= 0.3 is 0 Å². The molecule has 3 aromatic carbocycles. The molecule has 0 saturated heterocycles. The molecule has 1 heterocycles. The monoisotopic (exact) mass is 467 g/mol. The number of nitrogens with one attached hydrogen (secondary N) is 1. The van der Waals surface area contributed by atoms with E-state index >= 15 is 0 Å². The summed E-state index contributed by atoms with van der Waals surface area (Å²) in [5, 5.41) is 4.92. The maximum atomic E-state index is 12.5. The van der Waals surface area contributed by atoms with E-state index in [0.29, 0.717) is 15.7 Å². The first-order valence-corrected chi connectivity index (χ1v) is 11.3. The molecular formula is C24H19Cl2N3OS. The number of rotatable bonds is 6. The van der Waals surface area contributed by atoms with Crippen molar-refractivity contribution in [1.29, 1.82) is 0 Å². The Morgan fingerprint density at radius 3 is 2.19 bits per heavy atom. The van der Waals surface area contributed by atoms with Crippen molar-refractivity contribution in [2.75, 3.05) is 11.1 Å². The largest absolute Gasteiger partial charge is 0.325 e. The number of anilines is 1. The van der Waals surface area contributed by atoms with Crippen LogP contribution in [0.4, 0.5) is 5.69 Å². The Labute approximate surface area is 195 Å². The summed E-state index contributed by atoms with van der Waals surface area (Å²) >= 11 is 13.3. The normalized spacial score (nSPS) is 10.8. The van der Waals surface area contributed by atoms with Crippen LogP contribution < -0.4 is 5.32 Å². The van der Waals surface area contributed by atoms with E-state index in [0.717, 1.165) is 22.1 Å². The number of carbonyl (C=O) groups is 1. The zero-order valence-corrected chi connectivity index (χ0v) is 19.0. The van der Waals surface area contributed by atoms with Gasteiger partial charge in [0.25, 0.3) is 0 Å². The number of carbonyl (C=O) groups excluding carboxylic acids is 1. The smallest absolute Gasteiger partial charge is 0.234 e. The van der Waals surface area contributed by atoms with E-state index in [4.69, 9.17) is 28.2 Å². The van der Waals surface area contributed by atoms with Crippen LogP contribution in [0.15, 0.2) is 84.1 Å². The van der Waals surface area contributed by atoms with Crippen molar-refractivity contribution < 1.29 is 4.79 Å². The van der Waals surface area contributed by atoms with Crippen LogP contribution in [-0.2, 0) is 4.79 Å². The SMILES string of the molecule is Cc1ccc(-n2cc(-c3ccc(Cl)cc3)nc2SCC(=O)Nc2ccc(Cl)cc2)cc1. The molecule has 0 unspecified atom stereocenters. The Bertz CT molecular complexity index is 1190. The maximum Gasteiger partial charge on any atom is 0.234 e. The Morgan fingerprint density at radius 2 is 1.55 bits per heavy atom. The fourth-order valence-corrected chi connectivity index (χ4v) is 4.02. The Balaban J connectivity index is 1.57. The number of aromatic nitrogens is 2. The van der Waals surface area contributed by atoms with Crippen molar-refractivity contribution in [2.45, 2.75) is 12.1 Å². The van der Waals surface area contributed by atoms with Crippen LogP contribution in [0.3, 0.4) is 0 Å². The lowest BCUT2D eigenvalue weighted by molar-refractivity contribution is -0.113. The van der Waals surface area contributed by atoms with Gasteiger partial charge in [-0.1, -0.05) is 64.8 Å². The van der Waals surface area contributed by atoms with Crippen LogP contribution in [0, 0.1) is 6.92 Å². The van der Waals surface area contributed by atoms with Gasteiger partial charge in [-0.15, -0.1) is 0 Å². The summed E-state index contributed by atoms with van der Waals surface area (Å²) in [5.41, 5.74) is 4.65. The van der Waals surface area contributed by atoms with Crippen molar-refractivity contribution in [3.8, 4) is 16.9 Å². The van der Waals surface area contributed by atoms with Crippen LogP contribution in [-0.4, -0.2) is 21.2 Å². The molecule has 4 aromatic rings. The number of halogens is 2. The second kappa shape index (κ2) is 9.60. The van der Waals surface area contributed by atoms with Gasteiger partial charge in [-0.3, -0.25) is 9.36 Å². The molecule has 4 rings (SSSR count). The molecule has 0 bridgehead atoms. The first kappa shape index (κ1) is 21.5. The summed E-state index contributed by atoms with van der Waals surface area (Å²) in [7, 11) is 0. The third kappa shape index (κ3) is 5.50. The van der Waals surface area contributed by atoms with Crippen molar-refractivity contribution in [1.82, 2.24) is 9.55 Å². The highest BCUT2D eigenvalue weighted by atomic mass is 35.5. The fourth-order valence-electron chi connectivity index (χ4n) is 2.98. The molecule has 4 nitrogen and oxygen atoms in total. The van der Waals surface area contributed by atoms with Crippen LogP contribution >= 0.6 is 35.0 Å². The minimum Gasteiger partial charge on any atom is -0.325 e. The van der Waals surface area contributed by atoms with Crippen LogP contribution in [0.5, 0.6) is 0 Å². The number of hydrogen-bond donors (Lipinski definition) is 1. The number of amides is 1. The van der Waals surface area contributed by atoms with Crippen LogP contribution in [0.1, 0.15) is 5.56 Å². The van der Waals surface area contributed by atoms with Crippen molar-refractivity contribution in [2.24, 2.45) is 0 Å². The zero-order valence-electron chi connectivity index (χ0n) is 16.7. The first-order chi connectivity index (χ1) is 15.0. The molecule has 0 aliphatic rings. The van der Waals surface area contributed by atoms with Gasteiger partial charge in [0.1, 0.15) is 0 Å². The lowest BCUT2D eigenvalue weighted by atomic mass is 10.2. The molecule has 1 amide bonds. The molecule has 1 aromatic heterocycles. The van der Waals surface area contributed by atoms with E-state index in [-0.39, 0.29) is 11.7 Å². The van der Waals surface area contributed by atoms with Gasteiger partial charge in [0.2, 0.25) is 5.91 Å². The van der Waals surface area contributed by atoms with E-state index in [9.17, 15) is 4.79 Å². The van der Waals surface area contributed by atoms with Gasteiger partial charge in [0.05, 0.1) is 11.4 Å². The predicted octanol–water partition coefficient (Wildman–Crippen LogP) is 6.89. The minimum atomic E-state index is -0.112. The van der Waals surface area contributed by atoms with Crippen molar-refractivity contribution in [3.05, 3.63) is 94.6 Å². The standard InChI is InChI=1S/C24H19Cl2N3OS/c1-16-2-12-21(13-3-16)29-14-22(17-4-6-18(25)7-5-17)28-24(29)31-15-23(30)27-20-10-8-19(26)9-11-20/h2-14H,15H2,1H3,(H,27,30). The molecule has 0 spiro atoms. The lowest BCUT2D eigenvalue weighted by Crippen LogP contribution is -2.14. The summed E-state index contributed by atoms with van der Waals surface area (Å²) in [6.45, 7) is 2.05.